The van der Waals surface area contributed by atoms with Gasteiger partial charge in [-0.15, -0.1) is 0 Å². The Balaban J connectivity index is 2.61. The van der Waals surface area contributed by atoms with E-state index in [0.29, 0.717) is 16.8 Å². The summed E-state index contributed by atoms with van der Waals surface area (Å²) in [6.07, 6.45) is 1.45. The van der Waals surface area contributed by atoms with E-state index in [1.54, 1.807) is 12.1 Å². The van der Waals surface area contributed by atoms with Crippen molar-refractivity contribution in [1.82, 2.24) is 0 Å². The normalized spacial score (nSPS) is 17.9. The van der Waals surface area contributed by atoms with Gasteiger partial charge in [-0.1, -0.05) is 6.07 Å². The van der Waals surface area contributed by atoms with Gasteiger partial charge in [-0.05, 0) is 6.07 Å². The van der Waals surface area contributed by atoms with E-state index in [9.17, 15) is 4.39 Å². The zero-order valence-electron chi connectivity index (χ0n) is 7.37. The number of halogens is 1. The van der Waals surface area contributed by atoms with Gasteiger partial charge in [0, 0.05) is 23.9 Å². The summed E-state index contributed by atoms with van der Waals surface area (Å²) < 4.78 is 13.7. The number of hydrogen-bond donors (Lipinski definition) is 1. The fraction of sp³-hybridized carbons (Fsp3) is 0.200. The molecule has 1 aliphatic rings. The van der Waals surface area contributed by atoms with E-state index in [1.165, 1.54) is 6.21 Å². The number of rotatable bonds is 1. The quantitative estimate of drug-likeness (QED) is 0.729. The standard InChI is InChI=1S/C10H8FN3/c11-10-6(3-12)1-2-8-9(10)7(4-13)5-14-8/h1-2,5,7H,3,12H2. The first-order valence-electron chi connectivity index (χ1n) is 4.23. The van der Waals surface area contributed by atoms with Gasteiger partial charge in [0.05, 0.1) is 11.8 Å². The average molecular weight is 189 g/mol. The molecular weight excluding hydrogens is 181 g/mol. The minimum atomic E-state index is -0.573. The molecule has 2 rings (SSSR count). The zero-order chi connectivity index (χ0) is 10.1. The van der Waals surface area contributed by atoms with Crippen molar-refractivity contribution >= 4 is 11.9 Å². The number of fused-ring (bicyclic) bond motifs is 1. The van der Waals surface area contributed by atoms with Crippen LogP contribution in [0.2, 0.25) is 0 Å². The number of nitrogens with two attached hydrogens (primary N) is 1. The Bertz CT molecular complexity index is 445. The Kier molecular flexibility index (Phi) is 2.02. The summed E-state index contributed by atoms with van der Waals surface area (Å²) in [5.74, 6) is -0.967. The molecule has 0 spiro atoms. The van der Waals surface area contributed by atoms with Gasteiger partial charge in [0.1, 0.15) is 11.7 Å². The monoisotopic (exact) mass is 189 g/mol. The maximum absolute atomic E-state index is 13.7. The second-order valence-corrected chi connectivity index (χ2v) is 3.06. The molecule has 2 N–H and O–H groups in total. The molecule has 1 aliphatic heterocycles. The van der Waals surface area contributed by atoms with E-state index in [-0.39, 0.29) is 6.54 Å². The third kappa shape index (κ3) is 1.10. The highest BCUT2D eigenvalue weighted by atomic mass is 19.1. The summed E-state index contributed by atoms with van der Waals surface area (Å²) in [5.41, 5.74) is 6.68. The van der Waals surface area contributed by atoms with Crippen LogP contribution in [0.15, 0.2) is 17.1 Å². The number of nitrogens with zero attached hydrogens (tertiary/aromatic N) is 2. The van der Waals surface area contributed by atoms with Crippen LogP contribution in [-0.2, 0) is 6.54 Å². The Morgan fingerprint density at radius 3 is 3.00 bits per heavy atom. The fourth-order valence-electron chi connectivity index (χ4n) is 1.52. The van der Waals surface area contributed by atoms with Gasteiger partial charge < -0.3 is 5.73 Å². The molecule has 1 heterocycles. The summed E-state index contributed by atoms with van der Waals surface area (Å²) in [6, 6.07) is 5.27. The lowest BCUT2D eigenvalue weighted by Crippen LogP contribution is -2.04. The average Bonchev–Trinajstić information content (AvgIpc) is 2.62. The van der Waals surface area contributed by atoms with Gasteiger partial charge in [0.15, 0.2) is 0 Å². The summed E-state index contributed by atoms with van der Waals surface area (Å²) in [4.78, 5) is 3.96. The lowest BCUT2D eigenvalue weighted by atomic mass is 9.99. The van der Waals surface area contributed by atoms with Crippen LogP contribution in [-0.4, -0.2) is 6.21 Å². The predicted molar refractivity (Wildman–Crippen MR) is 50.8 cm³/mol. The molecule has 0 saturated carbocycles. The van der Waals surface area contributed by atoms with E-state index in [4.69, 9.17) is 11.0 Å². The lowest BCUT2D eigenvalue weighted by Gasteiger charge is -2.06. The van der Waals surface area contributed by atoms with E-state index in [2.05, 4.69) is 4.99 Å². The first kappa shape index (κ1) is 8.85. The maximum Gasteiger partial charge on any atom is 0.134 e. The van der Waals surface area contributed by atoms with Gasteiger partial charge in [-0.2, -0.15) is 5.26 Å². The van der Waals surface area contributed by atoms with Crippen LogP contribution < -0.4 is 5.73 Å². The minimum Gasteiger partial charge on any atom is -0.326 e. The van der Waals surface area contributed by atoms with Crippen molar-refractivity contribution in [1.29, 1.82) is 5.26 Å². The Morgan fingerprint density at radius 2 is 2.36 bits per heavy atom. The lowest BCUT2D eigenvalue weighted by molar-refractivity contribution is 0.598. The molecular formula is C10H8FN3. The highest BCUT2D eigenvalue weighted by Crippen LogP contribution is 2.35. The molecule has 0 aliphatic carbocycles. The molecule has 1 aromatic rings. The number of aliphatic imine (C=N–C) groups is 1. The summed E-state index contributed by atoms with van der Waals surface area (Å²) >= 11 is 0. The van der Waals surface area contributed by atoms with Crippen LogP contribution in [0, 0.1) is 17.1 Å². The molecule has 1 aromatic carbocycles. The summed E-state index contributed by atoms with van der Waals surface area (Å²) in [6.45, 7) is 0.136. The van der Waals surface area contributed by atoms with Gasteiger partial charge in [-0.3, -0.25) is 4.99 Å². The van der Waals surface area contributed by atoms with Crippen LogP contribution in [0.4, 0.5) is 10.1 Å². The zero-order valence-corrected chi connectivity index (χ0v) is 7.37. The van der Waals surface area contributed by atoms with Crippen molar-refractivity contribution in [2.45, 2.75) is 12.5 Å². The van der Waals surface area contributed by atoms with Gasteiger partial charge in [0.2, 0.25) is 0 Å². The van der Waals surface area contributed by atoms with Crippen molar-refractivity contribution in [3.8, 4) is 6.07 Å². The van der Waals surface area contributed by atoms with E-state index < -0.39 is 11.7 Å². The first-order valence-corrected chi connectivity index (χ1v) is 4.23. The SMILES string of the molecule is N#CC1C=Nc2ccc(CN)c(F)c21. The topological polar surface area (TPSA) is 62.2 Å². The molecule has 0 saturated heterocycles. The number of hydrogen-bond acceptors (Lipinski definition) is 3. The highest BCUT2D eigenvalue weighted by molar-refractivity contribution is 5.83. The molecule has 0 bridgehead atoms. The molecule has 70 valence electrons. The Morgan fingerprint density at radius 1 is 1.57 bits per heavy atom. The van der Waals surface area contributed by atoms with Crippen molar-refractivity contribution in [2.75, 3.05) is 0 Å². The number of nitriles is 1. The Labute approximate surface area is 80.7 Å². The van der Waals surface area contributed by atoms with Crippen LogP contribution in [0.1, 0.15) is 17.0 Å². The fourth-order valence-corrected chi connectivity index (χ4v) is 1.52. The van der Waals surface area contributed by atoms with Crippen LogP contribution in [0.25, 0.3) is 0 Å². The van der Waals surface area contributed by atoms with Crippen LogP contribution in [0.5, 0.6) is 0 Å². The Hall–Kier alpha value is -1.73. The minimum absolute atomic E-state index is 0.136. The van der Waals surface area contributed by atoms with Gasteiger partial charge >= 0.3 is 0 Å². The van der Waals surface area contributed by atoms with E-state index in [1.807, 2.05) is 6.07 Å². The van der Waals surface area contributed by atoms with E-state index in [0.717, 1.165) is 0 Å². The molecule has 1 unspecified atom stereocenters. The van der Waals surface area contributed by atoms with Crippen molar-refractivity contribution in [3.63, 3.8) is 0 Å². The third-order valence-corrected chi connectivity index (χ3v) is 2.27. The van der Waals surface area contributed by atoms with Crippen LogP contribution in [0.3, 0.4) is 0 Å². The van der Waals surface area contributed by atoms with E-state index >= 15 is 0 Å². The van der Waals surface area contributed by atoms with Gasteiger partial charge in [-0.25, -0.2) is 4.39 Å². The largest absolute Gasteiger partial charge is 0.326 e. The smallest absolute Gasteiger partial charge is 0.134 e. The molecule has 0 aromatic heterocycles. The molecule has 4 heteroatoms. The highest BCUT2D eigenvalue weighted by Gasteiger charge is 2.24. The second kappa shape index (κ2) is 3.20. The molecule has 14 heavy (non-hydrogen) atoms. The van der Waals surface area contributed by atoms with Crippen molar-refractivity contribution < 1.29 is 4.39 Å². The molecule has 0 fully saturated rings. The summed E-state index contributed by atoms with van der Waals surface area (Å²) in [5, 5.41) is 8.76. The first-order chi connectivity index (χ1) is 6.77. The van der Waals surface area contributed by atoms with Crippen LogP contribution >= 0.6 is 0 Å². The molecule has 3 nitrogen and oxygen atoms in total. The van der Waals surface area contributed by atoms with Crippen molar-refractivity contribution in [2.24, 2.45) is 10.7 Å². The summed E-state index contributed by atoms with van der Waals surface area (Å²) in [7, 11) is 0. The van der Waals surface area contributed by atoms with Crippen molar-refractivity contribution in [3.05, 3.63) is 29.1 Å². The molecule has 0 amide bonds. The maximum atomic E-state index is 13.7. The third-order valence-electron chi connectivity index (χ3n) is 2.27. The van der Waals surface area contributed by atoms with Gasteiger partial charge in [0.25, 0.3) is 0 Å². The predicted octanol–water partition coefficient (Wildman–Crippen LogP) is 1.61. The molecule has 1 atom stereocenters. The second-order valence-electron chi connectivity index (χ2n) is 3.06. The molecule has 0 radical (unpaired) electrons. The number of benzene rings is 1.